The standard InChI is InChI=1S/C23H20N4O3/c1-2-30-22-10-6-5-9-17(22)19-13-20(26-25-19)23(29)27-24-14-18-16-8-4-3-7-15(16)11-12-21(18)28/h3-14,28H,2H2,1H3,(H,25,26)(H,27,29). The molecule has 0 saturated heterocycles. The molecule has 7 nitrogen and oxygen atoms in total. The number of nitrogens with zero attached hydrogens (tertiary/aromatic N) is 2. The van der Waals surface area contributed by atoms with Crippen LogP contribution in [0.4, 0.5) is 0 Å². The maximum Gasteiger partial charge on any atom is 0.289 e. The zero-order valence-electron chi connectivity index (χ0n) is 16.3. The number of aromatic amines is 1. The number of hydrogen-bond donors (Lipinski definition) is 3. The number of H-pyrrole nitrogens is 1. The Balaban J connectivity index is 1.52. The van der Waals surface area contributed by atoms with Gasteiger partial charge in [0.05, 0.1) is 18.5 Å². The Morgan fingerprint density at radius 2 is 1.97 bits per heavy atom. The van der Waals surface area contributed by atoms with Gasteiger partial charge in [-0.05, 0) is 42.0 Å². The highest BCUT2D eigenvalue weighted by atomic mass is 16.5. The van der Waals surface area contributed by atoms with E-state index in [1.165, 1.54) is 6.21 Å². The van der Waals surface area contributed by atoms with Crippen molar-refractivity contribution in [1.82, 2.24) is 15.6 Å². The summed E-state index contributed by atoms with van der Waals surface area (Å²) in [6, 6.07) is 20.2. The number of fused-ring (bicyclic) bond motifs is 1. The Bertz CT molecular complexity index is 1230. The van der Waals surface area contributed by atoms with Gasteiger partial charge in [0.25, 0.3) is 5.91 Å². The maximum atomic E-state index is 12.4. The highest BCUT2D eigenvalue weighted by Crippen LogP contribution is 2.29. The number of aromatic nitrogens is 2. The first kappa shape index (κ1) is 19.2. The van der Waals surface area contributed by atoms with Crippen LogP contribution in [0.15, 0.2) is 71.8 Å². The number of phenolic OH excluding ortho intramolecular Hbond substituents is 1. The molecule has 0 atom stereocenters. The number of hydrazone groups is 1. The SMILES string of the molecule is CCOc1ccccc1-c1cc(C(=O)NN=Cc2c(O)ccc3ccccc23)[nH]n1. The second-order valence-electron chi connectivity index (χ2n) is 6.51. The summed E-state index contributed by atoms with van der Waals surface area (Å²) in [6.07, 6.45) is 1.43. The van der Waals surface area contributed by atoms with Crippen molar-refractivity contribution < 1.29 is 14.6 Å². The smallest absolute Gasteiger partial charge is 0.289 e. The van der Waals surface area contributed by atoms with Crippen molar-refractivity contribution in [2.24, 2.45) is 5.10 Å². The van der Waals surface area contributed by atoms with Crippen molar-refractivity contribution in [1.29, 1.82) is 0 Å². The molecule has 0 unspecified atom stereocenters. The largest absolute Gasteiger partial charge is 0.507 e. The third kappa shape index (κ3) is 3.86. The van der Waals surface area contributed by atoms with Gasteiger partial charge in [-0.1, -0.05) is 42.5 Å². The van der Waals surface area contributed by atoms with E-state index in [0.717, 1.165) is 16.3 Å². The predicted octanol–water partition coefficient (Wildman–Crippen LogP) is 4.10. The molecule has 1 aromatic heterocycles. The van der Waals surface area contributed by atoms with Crippen LogP contribution in [-0.2, 0) is 0 Å². The van der Waals surface area contributed by atoms with Crippen LogP contribution in [0.3, 0.4) is 0 Å². The van der Waals surface area contributed by atoms with Crippen LogP contribution < -0.4 is 10.2 Å². The minimum Gasteiger partial charge on any atom is -0.507 e. The van der Waals surface area contributed by atoms with Crippen LogP contribution in [0.2, 0.25) is 0 Å². The van der Waals surface area contributed by atoms with Gasteiger partial charge in [0.1, 0.15) is 17.2 Å². The van der Waals surface area contributed by atoms with Crippen molar-refractivity contribution >= 4 is 22.9 Å². The lowest BCUT2D eigenvalue weighted by Crippen LogP contribution is -2.18. The van der Waals surface area contributed by atoms with Crippen LogP contribution in [0, 0.1) is 0 Å². The average molecular weight is 400 g/mol. The number of aromatic hydroxyl groups is 1. The zero-order valence-corrected chi connectivity index (χ0v) is 16.3. The minimum absolute atomic E-state index is 0.0862. The number of phenols is 1. The summed E-state index contributed by atoms with van der Waals surface area (Å²) in [5.41, 5.74) is 4.64. The highest BCUT2D eigenvalue weighted by Gasteiger charge is 2.13. The van der Waals surface area contributed by atoms with E-state index in [4.69, 9.17) is 4.74 Å². The second-order valence-corrected chi connectivity index (χ2v) is 6.51. The van der Waals surface area contributed by atoms with E-state index in [9.17, 15) is 9.90 Å². The van der Waals surface area contributed by atoms with Gasteiger partial charge in [-0.2, -0.15) is 10.2 Å². The van der Waals surface area contributed by atoms with Crippen molar-refractivity contribution in [3.05, 3.63) is 78.0 Å². The van der Waals surface area contributed by atoms with Crippen LogP contribution in [0.1, 0.15) is 23.0 Å². The lowest BCUT2D eigenvalue weighted by molar-refractivity contribution is 0.0950. The number of nitrogens with one attached hydrogen (secondary N) is 2. The van der Waals surface area contributed by atoms with Crippen LogP contribution in [0.5, 0.6) is 11.5 Å². The quantitative estimate of drug-likeness (QED) is 0.335. The van der Waals surface area contributed by atoms with E-state index >= 15 is 0 Å². The van der Waals surface area contributed by atoms with Crippen molar-refractivity contribution in [2.45, 2.75) is 6.92 Å². The molecule has 0 saturated carbocycles. The molecule has 3 N–H and O–H groups in total. The van der Waals surface area contributed by atoms with E-state index in [1.54, 1.807) is 12.1 Å². The van der Waals surface area contributed by atoms with Crippen molar-refractivity contribution in [3.8, 4) is 22.8 Å². The van der Waals surface area contributed by atoms with Gasteiger partial charge < -0.3 is 9.84 Å². The van der Waals surface area contributed by atoms with Gasteiger partial charge >= 0.3 is 0 Å². The van der Waals surface area contributed by atoms with E-state index in [-0.39, 0.29) is 11.4 Å². The monoisotopic (exact) mass is 400 g/mol. The Morgan fingerprint density at radius 3 is 2.83 bits per heavy atom. The Morgan fingerprint density at radius 1 is 1.17 bits per heavy atom. The lowest BCUT2D eigenvalue weighted by atomic mass is 10.0. The number of hydrogen-bond acceptors (Lipinski definition) is 5. The Hall–Kier alpha value is -4.13. The lowest BCUT2D eigenvalue weighted by Gasteiger charge is -2.07. The molecule has 4 rings (SSSR count). The number of carbonyl (C=O) groups is 1. The maximum absolute atomic E-state index is 12.4. The number of amides is 1. The fraction of sp³-hybridized carbons (Fsp3) is 0.0870. The Kier molecular flexibility index (Phi) is 5.43. The summed E-state index contributed by atoms with van der Waals surface area (Å²) in [6.45, 7) is 2.44. The molecule has 0 aliphatic rings. The third-order valence-electron chi connectivity index (χ3n) is 4.59. The van der Waals surface area contributed by atoms with Crippen molar-refractivity contribution in [2.75, 3.05) is 6.61 Å². The molecular formula is C23H20N4O3. The molecule has 0 aliphatic carbocycles. The average Bonchev–Trinajstić information content (AvgIpc) is 3.26. The normalized spacial score (nSPS) is 11.1. The molecule has 1 amide bonds. The summed E-state index contributed by atoms with van der Waals surface area (Å²) in [7, 11) is 0. The summed E-state index contributed by atoms with van der Waals surface area (Å²) < 4.78 is 5.62. The van der Waals surface area contributed by atoms with Gasteiger partial charge in [-0.15, -0.1) is 0 Å². The molecule has 3 aromatic carbocycles. The minimum atomic E-state index is -0.446. The number of carbonyl (C=O) groups excluding carboxylic acids is 1. The van der Waals surface area contributed by atoms with E-state index in [1.807, 2.05) is 61.5 Å². The van der Waals surface area contributed by atoms with Crippen LogP contribution >= 0.6 is 0 Å². The molecular weight excluding hydrogens is 380 g/mol. The number of benzene rings is 3. The van der Waals surface area contributed by atoms with Gasteiger partial charge in [0.2, 0.25) is 0 Å². The molecule has 0 fully saturated rings. The predicted molar refractivity (Wildman–Crippen MR) is 116 cm³/mol. The summed E-state index contributed by atoms with van der Waals surface area (Å²) >= 11 is 0. The Labute approximate surface area is 173 Å². The third-order valence-corrected chi connectivity index (χ3v) is 4.59. The topological polar surface area (TPSA) is 99.6 Å². The van der Waals surface area contributed by atoms with E-state index < -0.39 is 5.91 Å². The molecule has 1 heterocycles. The zero-order chi connectivity index (χ0) is 20.9. The first-order valence-electron chi connectivity index (χ1n) is 9.49. The first-order valence-corrected chi connectivity index (χ1v) is 9.49. The number of rotatable bonds is 6. The summed E-state index contributed by atoms with van der Waals surface area (Å²) in [5, 5.41) is 22.9. The molecule has 150 valence electrons. The molecule has 0 radical (unpaired) electrons. The van der Waals surface area contributed by atoms with Gasteiger partial charge in [-0.3, -0.25) is 9.89 Å². The molecule has 0 spiro atoms. The summed E-state index contributed by atoms with van der Waals surface area (Å²) in [5.74, 6) is 0.338. The molecule has 4 aromatic rings. The fourth-order valence-electron chi connectivity index (χ4n) is 3.17. The number of para-hydroxylation sites is 1. The van der Waals surface area contributed by atoms with Gasteiger partial charge in [0.15, 0.2) is 0 Å². The first-order chi connectivity index (χ1) is 14.7. The molecule has 30 heavy (non-hydrogen) atoms. The summed E-state index contributed by atoms with van der Waals surface area (Å²) in [4.78, 5) is 12.4. The van der Waals surface area contributed by atoms with E-state index in [2.05, 4.69) is 20.7 Å². The highest BCUT2D eigenvalue weighted by molar-refractivity contribution is 6.03. The van der Waals surface area contributed by atoms with Crippen LogP contribution in [0.25, 0.3) is 22.0 Å². The molecule has 0 aliphatic heterocycles. The van der Waals surface area contributed by atoms with Gasteiger partial charge in [0, 0.05) is 11.1 Å². The fourth-order valence-corrected chi connectivity index (χ4v) is 3.17. The van der Waals surface area contributed by atoms with Gasteiger partial charge in [-0.25, -0.2) is 5.43 Å². The number of ether oxygens (including phenoxy) is 1. The van der Waals surface area contributed by atoms with E-state index in [0.29, 0.717) is 23.6 Å². The molecule has 0 bridgehead atoms. The van der Waals surface area contributed by atoms with Crippen LogP contribution in [-0.4, -0.2) is 34.0 Å². The second kappa shape index (κ2) is 8.48. The molecule has 7 heteroatoms. The van der Waals surface area contributed by atoms with Crippen molar-refractivity contribution in [3.63, 3.8) is 0 Å².